The molecule has 0 atom stereocenters. The number of hydrogen-bond acceptors (Lipinski definition) is 5. The van der Waals surface area contributed by atoms with Crippen LogP contribution in [0.3, 0.4) is 0 Å². The van der Waals surface area contributed by atoms with Gasteiger partial charge in [0.2, 0.25) is 0 Å². The first-order valence-corrected chi connectivity index (χ1v) is 7.06. The van der Waals surface area contributed by atoms with E-state index in [-0.39, 0.29) is 6.03 Å². The Morgan fingerprint density at radius 2 is 2.17 bits per heavy atom. The molecule has 3 aromatic heterocycles. The van der Waals surface area contributed by atoms with Crippen LogP contribution in [0.2, 0.25) is 0 Å². The van der Waals surface area contributed by atoms with Crippen LogP contribution in [-0.2, 0) is 6.54 Å². The number of aromatic nitrogens is 4. The molecule has 0 saturated heterocycles. The Labute approximate surface area is 132 Å². The molecular formula is C15H16N6O2. The molecular weight excluding hydrogens is 296 g/mol. The van der Waals surface area contributed by atoms with Gasteiger partial charge >= 0.3 is 6.03 Å². The van der Waals surface area contributed by atoms with Crippen molar-refractivity contribution in [2.24, 2.45) is 0 Å². The Morgan fingerprint density at radius 3 is 2.87 bits per heavy atom. The predicted molar refractivity (Wildman–Crippen MR) is 83.2 cm³/mol. The minimum atomic E-state index is -0.365. The second-order valence-corrected chi connectivity index (χ2v) is 4.96. The molecule has 3 heterocycles. The second kappa shape index (κ2) is 6.30. The van der Waals surface area contributed by atoms with Crippen LogP contribution in [0.4, 0.5) is 10.6 Å². The van der Waals surface area contributed by atoms with Crippen molar-refractivity contribution in [3.8, 4) is 5.82 Å². The van der Waals surface area contributed by atoms with E-state index in [0.29, 0.717) is 18.1 Å². The molecule has 0 unspecified atom stereocenters. The van der Waals surface area contributed by atoms with Crippen LogP contribution in [0.1, 0.15) is 17.1 Å². The van der Waals surface area contributed by atoms with Gasteiger partial charge in [0, 0.05) is 36.8 Å². The average Bonchev–Trinajstić information content (AvgIpc) is 3.14. The van der Waals surface area contributed by atoms with E-state index in [1.807, 2.05) is 29.8 Å². The number of hydrogen-bond donors (Lipinski definition) is 2. The molecule has 0 aromatic carbocycles. The predicted octanol–water partition coefficient (Wildman–Crippen LogP) is 2.19. The van der Waals surface area contributed by atoms with Gasteiger partial charge in [-0.05, 0) is 19.9 Å². The smallest absolute Gasteiger partial charge is 0.320 e. The highest BCUT2D eigenvalue weighted by Gasteiger charge is 2.10. The first-order valence-electron chi connectivity index (χ1n) is 7.06. The van der Waals surface area contributed by atoms with E-state index >= 15 is 0 Å². The Kier molecular flexibility index (Phi) is 4.05. The zero-order valence-corrected chi connectivity index (χ0v) is 12.8. The zero-order chi connectivity index (χ0) is 16.2. The summed E-state index contributed by atoms with van der Waals surface area (Å²) in [6.45, 7) is 3.97. The number of pyridine rings is 1. The van der Waals surface area contributed by atoms with Crippen LogP contribution in [0, 0.1) is 13.8 Å². The van der Waals surface area contributed by atoms with Gasteiger partial charge in [0.15, 0.2) is 5.82 Å². The topological polar surface area (TPSA) is 97.9 Å². The summed E-state index contributed by atoms with van der Waals surface area (Å²) >= 11 is 0. The standard InChI is InChI=1S/C15H16N6O2/c1-10-8-13(20-23-10)19-15(22)18-9-12-4-3-5-17-14(12)21-7-6-16-11(21)2/h3-8H,9H2,1-2H3,(H2,18,19,20,22). The fourth-order valence-corrected chi connectivity index (χ4v) is 2.15. The lowest BCUT2D eigenvalue weighted by molar-refractivity contribution is 0.251. The largest absolute Gasteiger partial charge is 0.360 e. The molecule has 2 N–H and O–H groups in total. The molecule has 0 aliphatic rings. The van der Waals surface area contributed by atoms with Crippen LogP contribution in [0.15, 0.2) is 41.3 Å². The van der Waals surface area contributed by atoms with E-state index in [9.17, 15) is 4.79 Å². The first kappa shape index (κ1) is 14.8. The maximum Gasteiger partial charge on any atom is 0.320 e. The second-order valence-electron chi connectivity index (χ2n) is 4.96. The molecule has 3 rings (SSSR count). The summed E-state index contributed by atoms with van der Waals surface area (Å²) < 4.78 is 6.77. The van der Waals surface area contributed by atoms with Crippen molar-refractivity contribution >= 4 is 11.8 Å². The summed E-state index contributed by atoms with van der Waals surface area (Å²) in [6, 6.07) is 5.01. The first-order chi connectivity index (χ1) is 11.1. The quantitative estimate of drug-likeness (QED) is 0.769. The van der Waals surface area contributed by atoms with E-state index in [1.54, 1.807) is 25.4 Å². The minimum absolute atomic E-state index is 0.323. The van der Waals surface area contributed by atoms with Crippen molar-refractivity contribution in [3.63, 3.8) is 0 Å². The van der Waals surface area contributed by atoms with E-state index in [2.05, 4.69) is 25.8 Å². The fraction of sp³-hybridized carbons (Fsp3) is 0.200. The van der Waals surface area contributed by atoms with E-state index in [0.717, 1.165) is 17.2 Å². The van der Waals surface area contributed by atoms with Crippen LogP contribution in [0.25, 0.3) is 5.82 Å². The molecule has 3 aromatic rings. The zero-order valence-electron chi connectivity index (χ0n) is 12.8. The number of anilines is 1. The van der Waals surface area contributed by atoms with Gasteiger partial charge in [-0.15, -0.1) is 0 Å². The van der Waals surface area contributed by atoms with Crippen molar-refractivity contribution in [1.29, 1.82) is 0 Å². The van der Waals surface area contributed by atoms with E-state index in [4.69, 9.17) is 4.52 Å². The summed E-state index contributed by atoms with van der Waals surface area (Å²) in [6.07, 6.45) is 5.25. The maximum absolute atomic E-state index is 11.9. The number of carbonyl (C=O) groups is 1. The molecule has 23 heavy (non-hydrogen) atoms. The van der Waals surface area contributed by atoms with Gasteiger partial charge in [-0.25, -0.2) is 14.8 Å². The summed E-state index contributed by atoms with van der Waals surface area (Å²) in [5.41, 5.74) is 0.875. The molecule has 8 nitrogen and oxygen atoms in total. The molecule has 0 saturated carbocycles. The van der Waals surface area contributed by atoms with Gasteiger partial charge in [-0.1, -0.05) is 11.2 Å². The average molecular weight is 312 g/mol. The molecule has 0 spiro atoms. The Morgan fingerprint density at radius 1 is 1.30 bits per heavy atom. The normalized spacial score (nSPS) is 10.5. The van der Waals surface area contributed by atoms with Gasteiger partial charge < -0.3 is 9.84 Å². The van der Waals surface area contributed by atoms with Gasteiger partial charge in [-0.3, -0.25) is 9.88 Å². The van der Waals surface area contributed by atoms with Gasteiger partial charge in [0.1, 0.15) is 17.4 Å². The highest BCUT2D eigenvalue weighted by molar-refractivity contribution is 5.88. The van der Waals surface area contributed by atoms with Crippen LogP contribution >= 0.6 is 0 Å². The summed E-state index contributed by atoms with van der Waals surface area (Å²) in [4.78, 5) is 20.5. The van der Waals surface area contributed by atoms with Crippen LogP contribution in [0.5, 0.6) is 0 Å². The van der Waals surface area contributed by atoms with Crippen molar-refractivity contribution in [2.45, 2.75) is 20.4 Å². The molecule has 2 amide bonds. The lowest BCUT2D eigenvalue weighted by Gasteiger charge is -2.11. The van der Waals surface area contributed by atoms with E-state index in [1.165, 1.54) is 0 Å². The third-order valence-electron chi connectivity index (χ3n) is 3.23. The number of nitrogens with one attached hydrogen (secondary N) is 2. The third-order valence-corrected chi connectivity index (χ3v) is 3.23. The van der Waals surface area contributed by atoms with Crippen LogP contribution in [-0.4, -0.2) is 25.7 Å². The molecule has 0 bridgehead atoms. The number of aryl methyl sites for hydroxylation is 2. The highest BCUT2D eigenvalue weighted by Crippen LogP contribution is 2.13. The van der Waals surface area contributed by atoms with Gasteiger partial charge in [0.25, 0.3) is 0 Å². The monoisotopic (exact) mass is 312 g/mol. The van der Waals surface area contributed by atoms with Crippen molar-refractivity contribution in [1.82, 2.24) is 25.0 Å². The lowest BCUT2D eigenvalue weighted by Crippen LogP contribution is -2.28. The molecule has 8 heteroatoms. The number of imidazole rings is 1. The lowest BCUT2D eigenvalue weighted by atomic mass is 10.2. The molecule has 0 aliphatic heterocycles. The Balaban J connectivity index is 1.69. The number of amides is 2. The van der Waals surface area contributed by atoms with E-state index < -0.39 is 0 Å². The van der Waals surface area contributed by atoms with Gasteiger partial charge in [-0.2, -0.15) is 0 Å². The Bertz CT molecular complexity index is 823. The molecule has 0 aliphatic carbocycles. The number of urea groups is 1. The number of carbonyl (C=O) groups excluding carboxylic acids is 1. The van der Waals surface area contributed by atoms with Crippen LogP contribution < -0.4 is 10.6 Å². The summed E-state index contributed by atoms with van der Waals surface area (Å²) in [5.74, 6) is 2.56. The highest BCUT2D eigenvalue weighted by atomic mass is 16.5. The van der Waals surface area contributed by atoms with Crippen molar-refractivity contribution in [2.75, 3.05) is 5.32 Å². The minimum Gasteiger partial charge on any atom is -0.360 e. The SMILES string of the molecule is Cc1cc(NC(=O)NCc2cccnc2-n2ccnc2C)no1. The molecule has 0 fully saturated rings. The number of rotatable bonds is 4. The van der Waals surface area contributed by atoms with Crippen molar-refractivity contribution in [3.05, 3.63) is 53.9 Å². The maximum atomic E-state index is 11.9. The third kappa shape index (κ3) is 3.37. The van der Waals surface area contributed by atoms with Gasteiger partial charge in [0.05, 0.1) is 0 Å². The fourth-order valence-electron chi connectivity index (χ4n) is 2.15. The summed E-state index contributed by atoms with van der Waals surface area (Å²) in [5, 5.41) is 9.09. The Hall–Kier alpha value is -3.16. The van der Waals surface area contributed by atoms with Crippen molar-refractivity contribution < 1.29 is 9.32 Å². The summed E-state index contributed by atoms with van der Waals surface area (Å²) in [7, 11) is 0. The number of nitrogens with zero attached hydrogens (tertiary/aromatic N) is 4. The molecule has 118 valence electrons. The molecule has 0 radical (unpaired) electrons.